The van der Waals surface area contributed by atoms with E-state index in [1.807, 2.05) is 12.4 Å². The second kappa shape index (κ2) is 7.62. The maximum Gasteiger partial charge on any atom is 0.0366 e. The number of aromatic nitrogens is 1. The van der Waals surface area contributed by atoms with E-state index in [4.69, 9.17) is 0 Å². The molecule has 2 nitrogen and oxygen atoms in total. The van der Waals surface area contributed by atoms with Crippen molar-refractivity contribution in [2.45, 2.75) is 31.8 Å². The fraction of sp³-hybridized carbons (Fsp3) is 0.261. The van der Waals surface area contributed by atoms with Gasteiger partial charge >= 0.3 is 0 Å². The summed E-state index contributed by atoms with van der Waals surface area (Å²) in [6, 6.07) is 24.4. The van der Waals surface area contributed by atoms with Gasteiger partial charge in [-0.3, -0.25) is 9.88 Å². The van der Waals surface area contributed by atoms with E-state index in [9.17, 15) is 0 Å². The van der Waals surface area contributed by atoms with Crippen LogP contribution in [0.15, 0.2) is 79.1 Å². The summed E-state index contributed by atoms with van der Waals surface area (Å²) in [5, 5.41) is 0. The van der Waals surface area contributed by atoms with Crippen LogP contribution in [-0.2, 0) is 6.54 Å². The second-order valence-electron chi connectivity index (χ2n) is 6.83. The number of likely N-dealkylation sites (tertiary alicyclic amines) is 1. The van der Waals surface area contributed by atoms with Crippen molar-refractivity contribution in [3.63, 3.8) is 0 Å². The van der Waals surface area contributed by atoms with Gasteiger partial charge < -0.3 is 0 Å². The van der Waals surface area contributed by atoms with E-state index in [-0.39, 0.29) is 0 Å². The fourth-order valence-corrected chi connectivity index (χ4v) is 3.80. The van der Waals surface area contributed by atoms with E-state index in [0.717, 1.165) is 6.54 Å². The topological polar surface area (TPSA) is 16.1 Å². The Hall–Kier alpha value is -2.45. The molecule has 1 saturated heterocycles. The molecule has 0 spiro atoms. The average Bonchev–Trinajstić information content (AvgIpc) is 2.70. The van der Waals surface area contributed by atoms with Crippen molar-refractivity contribution < 1.29 is 0 Å². The highest BCUT2D eigenvalue weighted by molar-refractivity contribution is 5.63. The second-order valence-corrected chi connectivity index (χ2v) is 6.83. The number of rotatable bonds is 4. The summed E-state index contributed by atoms with van der Waals surface area (Å²) in [6.07, 6.45) is 7.72. The molecule has 1 aromatic heterocycles. The molecule has 3 aromatic rings. The first-order chi connectivity index (χ1) is 12.4. The van der Waals surface area contributed by atoms with Crippen LogP contribution in [0.25, 0.3) is 11.1 Å². The van der Waals surface area contributed by atoms with Crippen molar-refractivity contribution >= 4 is 0 Å². The Morgan fingerprint density at radius 3 is 2.40 bits per heavy atom. The normalized spacial score (nSPS) is 18.2. The van der Waals surface area contributed by atoms with Gasteiger partial charge in [-0.25, -0.2) is 0 Å². The highest BCUT2D eigenvalue weighted by Crippen LogP contribution is 2.32. The molecule has 1 fully saturated rings. The minimum atomic E-state index is 0.497. The average molecular weight is 328 g/mol. The predicted octanol–water partition coefficient (Wildman–Crippen LogP) is 5.48. The Labute approximate surface area is 150 Å². The van der Waals surface area contributed by atoms with Crippen LogP contribution < -0.4 is 0 Å². The Kier molecular flexibility index (Phi) is 4.89. The molecule has 0 N–H and O–H groups in total. The van der Waals surface area contributed by atoms with E-state index >= 15 is 0 Å². The summed E-state index contributed by atoms with van der Waals surface area (Å²) in [4.78, 5) is 6.93. The van der Waals surface area contributed by atoms with Crippen molar-refractivity contribution in [1.82, 2.24) is 9.88 Å². The first-order valence-electron chi connectivity index (χ1n) is 9.18. The highest BCUT2D eigenvalue weighted by Gasteiger charge is 2.23. The molecule has 2 heterocycles. The van der Waals surface area contributed by atoms with Gasteiger partial charge in [-0.2, -0.15) is 0 Å². The van der Waals surface area contributed by atoms with Crippen LogP contribution in [0.2, 0.25) is 0 Å². The molecule has 1 aliphatic rings. The molecule has 0 amide bonds. The monoisotopic (exact) mass is 328 g/mol. The molecule has 126 valence electrons. The van der Waals surface area contributed by atoms with E-state index < -0.39 is 0 Å². The van der Waals surface area contributed by atoms with Crippen molar-refractivity contribution in [3.05, 3.63) is 90.3 Å². The lowest BCUT2D eigenvalue weighted by atomic mass is 9.95. The van der Waals surface area contributed by atoms with E-state index in [1.54, 1.807) is 0 Å². The van der Waals surface area contributed by atoms with Gasteiger partial charge in [0.05, 0.1) is 0 Å². The lowest BCUT2D eigenvalue weighted by molar-refractivity contribution is 0.140. The summed E-state index contributed by atoms with van der Waals surface area (Å²) in [7, 11) is 0. The predicted molar refractivity (Wildman–Crippen MR) is 103 cm³/mol. The van der Waals surface area contributed by atoms with Crippen LogP contribution >= 0.6 is 0 Å². The highest BCUT2D eigenvalue weighted by atomic mass is 15.2. The van der Waals surface area contributed by atoms with Crippen LogP contribution in [0.3, 0.4) is 0 Å². The number of pyridine rings is 1. The maximum atomic E-state index is 4.32. The van der Waals surface area contributed by atoms with Crippen LogP contribution in [0.5, 0.6) is 0 Å². The largest absolute Gasteiger partial charge is 0.292 e. The van der Waals surface area contributed by atoms with Gasteiger partial charge in [-0.1, -0.05) is 67.1 Å². The summed E-state index contributed by atoms with van der Waals surface area (Å²) in [5.74, 6) is 0. The Balaban J connectivity index is 1.50. The zero-order valence-electron chi connectivity index (χ0n) is 14.5. The number of hydrogen-bond acceptors (Lipinski definition) is 2. The van der Waals surface area contributed by atoms with Crippen molar-refractivity contribution in [3.8, 4) is 11.1 Å². The SMILES string of the molecule is c1ccc(-c2ccc(CN3CCCCC3c3cccnc3)cc2)cc1. The van der Waals surface area contributed by atoms with Crippen molar-refractivity contribution in [2.75, 3.05) is 6.54 Å². The molecule has 0 aliphatic carbocycles. The van der Waals surface area contributed by atoms with Gasteiger partial charge in [0, 0.05) is 25.0 Å². The third-order valence-electron chi connectivity index (χ3n) is 5.13. The van der Waals surface area contributed by atoms with Gasteiger partial charge in [0.15, 0.2) is 0 Å². The molecule has 1 unspecified atom stereocenters. The third kappa shape index (κ3) is 3.80. The molecular formula is C23H24N2. The molecule has 4 rings (SSSR count). The van der Waals surface area contributed by atoms with Crippen LogP contribution in [0, 0.1) is 0 Å². The summed E-state index contributed by atoms with van der Waals surface area (Å²) in [6.45, 7) is 2.18. The van der Waals surface area contributed by atoms with E-state index in [0.29, 0.717) is 6.04 Å². The Bertz CT molecular complexity index is 781. The lowest BCUT2D eigenvalue weighted by Crippen LogP contribution is -2.32. The van der Waals surface area contributed by atoms with Gasteiger partial charge in [0.2, 0.25) is 0 Å². The third-order valence-corrected chi connectivity index (χ3v) is 5.13. The first-order valence-corrected chi connectivity index (χ1v) is 9.18. The van der Waals surface area contributed by atoms with Crippen LogP contribution in [0.1, 0.15) is 36.4 Å². The molecule has 0 bridgehead atoms. The number of hydrogen-bond donors (Lipinski definition) is 0. The molecule has 1 atom stereocenters. The lowest BCUT2D eigenvalue weighted by Gasteiger charge is -2.36. The summed E-state index contributed by atoms with van der Waals surface area (Å²) in [5.41, 5.74) is 5.30. The first kappa shape index (κ1) is 16.0. The van der Waals surface area contributed by atoms with Gasteiger partial charge in [0.25, 0.3) is 0 Å². The van der Waals surface area contributed by atoms with Gasteiger partial charge in [-0.15, -0.1) is 0 Å². The molecule has 2 heteroatoms. The zero-order valence-corrected chi connectivity index (χ0v) is 14.5. The zero-order chi connectivity index (χ0) is 16.9. The molecule has 1 aliphatic heterocycles. The van der Waals surface area contributed by atoms with Crippen LogP contribution in [0.4, 0.5) is 0 Å². The van der Waals surface area contributed by atoms with E-state index in [1.165, 1.54) is 48.1 Å². The number of benzene rings is 2. The quantitative estimate of drug-likeness (QED) is 0.631. The van der Waals surface area contributed by atoms with E-state index in [2.05, 4.69) is 76.6 Å². The van der Waals surface area contributed by atoms with Gasteiger partial charge in [0.1, 0.15) is 0 Å². The minimum Gasteiger partial charge on any atom is -0.292 e. The summed E-state index contributed by atoms with van der Waals surface area (Å²) >= 11 is 0. The summed E-state index contributed by atoms with van der Waals surface area (Å²) < 4.78 is 0. The number of nitrogens with zero attached hydrogens (tertiary/aromatic N) is 2. The number of piperidine rings is 1. The van der Waals surface area contributed by atoms with Crippen molar-refractivity contribution in [1.29, 1.82) is 0 Å². The molecule has 25 heavy (non-hydrogen) atoms. The molecule has 2 aromatic carbocycles. The minimum absolute atomic E-state index is 0.497. The standard InChI is InChI=1S/C23H24N2/c1-2-7-20(8-3-1)21-13-11-19(12-14-21)18-25-16-5-4-10-23(25)22-9-6-15-24-17-22/h1-3,6-9,11-15,17,23H,4-5,10,16,18H2. The Morgan fingerprint density at radius 2 is 1.64 bits per heavy atom. The van der Waals surface area contributed by atoms with Crippen LogP contribution in [-0.4, -0.2) is 16.4 Å². The molecule has 0 saturated carbocycles. The maximum absolute atomic E-state index is 4.32. The van der Waals surface area contributed by atoms with Crippen molar-refractivity contribution in [2.24, 2.45) is 0 Å². The molecular weight excluding hydrogens is 304 g/mol. The van der Waals surface area contributed by atoms with Gasteiger partial charge in [-0.05, 0) is 47.7 Å². The molecule has 0 radical (unpaired) electrons. The fourth-order valence-electron chi connectivity index (χ4n) is 3.80. The Morgan fingerprint density at radius 1 is 0.840 bits per heavy atom. The smallest absolute Gasteiger partial charge is 0.0366 e.